The van der Waals surface area contributed by atoms with Gasteiger partial charge in [-0.2, -0.15) is 11.8 Å². The van der Waals surface area contributed by atoms with E-state index in [0.717, 1.165) is 39.9 Å². The minimum atomic E-state index is -0.229. The Kier molecular flexibility index (Phi) is 5.61. The van der Waals surface area contributed by atoms with Crippen LogP contribution in [0.4, 0.5) is 10.5 Å². The molecule has 0 aliphatic heterocycles. The molecule has 0 aliphatic rings. The molecule has 2 aromatic carbocycles. The molecule has 0 unspecified atom stereocenters. The third-order valence-corrected chi connectivity index (χ3v) is 4.69. The molecule has 0 aliphatic carbocycles. The number of hydrogen-bond donors (Lipinski definition) is 3. The molecule has 6 heteroatoms. The Balaban J connectivity index is 1.57. The van der Waals surface area contributed by atoms with Crippen LogP contribution in [0.5, 0.6) is 0 Å². The highest BCUT2D eigenvalue weighted by Gasteiger charge is 2.08. The van der Waals surface area contributed by atoms with Crippen LogP contribution in [0, 0.1) is 0 Å². The summed E-state index contributed by atoms with van der Waals surface area (Å²) in [6, 6.07) is 13.3. The molecule has 24 heavy (non-hydrogen) atoms. The first-order valence-electron chi connectivity index (χ1n) is 7.92. The van der Waals surface area contributed by atoms with Crippen molar-refractivity contribution in [2.75, 3.05) is 30.0 Å². The number of aliphatic hydroxyl groups excluding tert-OH is 1. The van der Waals surface area contributed by atoms with Gasteiger partial charge in [0, 0.05) is 41.4 Å². The van der Waals surface area contributed by atoms with Crippen LogP contribution in [-0.2, 0) is 0 Å². The van der Waals surface area contributed by atoms with Gasteiger partial charge in [-0.1, -0.05) is 18.2 Å². The van der Waals surface area contributed by atoms with E-state index in [1.165, 1.54) is 0 Å². The highest BCUT2D eigenvalue weighted by molar-refractivity contribution is 7.99. The molecule has 0 saturated carbocycles. The van der Waals surface area contributed by atoms with Gasteiger partial charge in [0.1, 0.15) is 11.2 Å². The molecule has 0 saturated heterocycles. The maximum Gasteiger partial charge on any atom is 0.319 e. The second-order valence-corrected chi connectivity index (χ2v) is 6.60. The largest absolute Gasteiger partial charge is 0.456 e. The van der Waals surface area contributed by atoms with Crippen molar-refractivity contribution in [1.82, 2.24) is 5.32 Å². The standard InChI is InChI=1S/C18H20N2O3S/c21-9-3-10-24-11-8-19-18(22)20-13-6-7-15-14-4-1-2-5-16(14)23-17(15)12-13/h1-2,4-7,12,21H,3,8-11H2,(H2,19,20,22). The SMILES string of the molecule is O=C(NCCSCCCO)Nc1ccc2c(c1)oc1ccccc12. The molecular formula is C18H20N2O3S. The molecule has 5 nitrogen and oxygen atoms in total. The molecule has 0 fully saturated rings. The lowest BCUT2D eigenvalue weighted by molar-refractivity contribution is 0.252. The van der Waals surface area contributed by atoms with Crippen molar-refractivity contribution in [2.45, 2.75) is 6.42 Å². The number of furan rings is 1. The number of urea groups is 1. The third-order valence-electron chi connectivity index (χ3n) is 3.62. The molecule has 0 atom stereocenters. The Morgan fingerprint density at radius 2 is 1.92 bits per heavy atom. The zero-order chi connectivity index (χ0) is 16.8. The van der Waals surface area contributed by atoms with Crippen molar-refractivity contribution < 1.29 is 14.3 Å². The molecule has 0 bridgehead atoms. The average molecular weight is 344 g/mol. The van der Waals surface area contributed by atoms with Crippen LogP contribution in [0.25, 0.3) is 21.9 Å². The van der Waals surface area contributed by atoms with Gasteiger partial charge in [-0.15, -0.1) is 0 Å². The zero-order valence-electron chi connectivity index (χ0n) is 13.2. The smallest absolute Gasteiger partial charge is 0.319 e. The van der Waals surface area contributed by atoms with Crippen molar-refractivity contribution >= 4 is 45.4 Å². The monoisotopic (exact) mass is 344 g/mol. The minimum Gasteiger partial charge on any atom is -0.456 e. The molecule has 0 radical (unpaired) electrons. The minimum absolute atomic E-state index is 0.213. The van der Waals surface area contributed by atoms with Gasteiger partial charge in [0.05, 0.1) is 0 Å². The number of para-hydroxylation sites is 1. The molecule has 3 N–H and O–H groups in total. The van der Waals surface area contributed by atoms with Gasteiger partial charge in [0.25, 0.3) is 0 Å². The number of fused-ring (bicyclic) bond motifs is 3. The van der Waals surface area contributed by atoms with Crippen LogP contribution in [0.3, 0.4) is 0 Å². The molecule has 1 aromatic heterocycles. The van der Waals surface area contributed by atoms with Crippen LogP contribution in [0.1, 0.15) is 6.42 Å². The van der Waals surface area contributed by atoms with Crippen molar-refractivity contribution in [2.24, 2.45) is 0 Å². The second kappa shape index (κ2) is 8.08. The summed E-state index contributed by atoms with van der Waals surface area (Å²) in [5, 5.41) is 16.4. The Hall–Kier alpha value is -2.18. The number of aliphatic hydroxyl groups is 1. The van der Waals surface area contributed by atoms with E-state index in [-0.39, 0.29) is 12.6 Å². The van der Waals surface area contributed by atoms with Crippen LogP contribution in [-0.4, -0.2) is 35.8 Å². The summed E-state index contributed by atoms with van der Waals surface area (Å²) < 4.78 is 5.82. The van der Waals surface area contributed by atoms with E-state index in [9.17, 15) is 4.79 Å². The zero-order valence-corrected chi connectivity index (χ0v) is 14.1. The molecule has 0 spiro atoms. The Bertz CT molecular complexity index is 831. The molecule has 3 aromatic rings. The van der Waals surface area contributed by atoms with Gasteiger partial charge >= 0.3 is 6.03 Å². The summed E-state index contributed by atoms with van der Waals surface area (Å²) in [5.41, 5.74) is 2.30. The van der Waals surface area contributed by atoms with Gasteiger partial charge in [0.2, 0.25) is 0 Å². The first-order chi connectivity index (χ1) is 11.8. The summed E-state index contributed by atoms with van der Waals surface area (Å²) >= 11 is 1.71. The number of nitrogens with one attached hydrogen (secondary N) is 2. The maximum atomic E-state index is 11.9. The number of thioether (sulfide) groups is 1. The Morgan fingerprint density at radius 1 is 1.08 bits per heavy atom. The quantitative estimate of drug-likeness (QED) is 0.570. The van der Waals surface area contributed by atoms with Crippen LogP contribution in [0.2, 0.25) is 0 Å². The number of benzene rings is 2. The molecule has 2 amide bonds. The number of carbonyl (C=O) groups excluding carboxylic acids is 1. The Morgan fingerprint density at radius 3 is 2.79 bits per heavy atom. The summed E-state index contributed by atoms with van der Waals surface area (Å²) in [5.74, 6) is 1.73. The number of rotatable bonds is 7. The lowest BCUT2D eigenvalue weighted by atomic mass is 10.1. The van der Waals surface area contributed by atoms with Gasteiger partial charge in [0.15, 0.2) is 0 Å². The topological polar surface area (TPSA) is 74.5 Å². The maximum absolute atomic E-state index is 11.9. The fraction of sp³-hybridized carbons (Fsp3) is 0.278. The van der Waals surface area contributed by atoms with Crippen LogP contribution < -0.4 is 10.6 Å². The van der Waals surface area contributed by atoms with Crippen molar-refractivity contribution in [3.8, 4) is 0 Å². The van der Waals surface area contributed by atoms with Crippen LogP contribution >= 0.6 is 11.8 Å². The summed E-state index contributed by atoms with van der Waals surface area (Å²) in [6.07, 6.45) is 0.786. The molecule has 126 valence electrons. The molecule has 1 heterocycles. The number of anilines is 1. The van der Waals surface area contributed by atoms with Crippen molar-refractivity contribution in [3.63, 3.8) is 0 Å². The van der Waals surface area contributed by atoms with E-state index in [1.807, 2.05) is 42.5 Å². The first-order valence-corrected chi connectivity index (χ1v) is 9.08. The predicted molar refractivity (Wildman–Crippen MR) is 99.8 cm³/mol. The number of amides is 2. The summed E-state index contributed by atoms with van der Waals surface area (Å²) in [7, 11) is 0. The van der Waals surface area contributed by atoms with Gasteiger partial charge in [-0.05, 0) is 30.4 Å². The fourth-order valence-corrected chi connectivity index (χ4v) is 3.27. The fourth-order valence-electron chi connectivity index (χ4n) is 2.48. The molecule has 3 rings (SSSR count). The predicted octanol–water partition coefficient (Wildman–Crippen LogP) is 3.82. The molecular weight excluding hydrogens is 324 g/mol. The lowest BCUT2D eigenvalue weighted by Crippen LogP contribution is -2.30. The van der Waals surface area contributed by atoms with E-state index in [4.69, 9.17) is 9.52 Å². The van der Waals surface area contributed by atoms with Gasteiger partial charge in [-0.3, -0.25) is 0 Å². The second-order valence-electron chi connectivity index (χ2n) is 5.38. The van der Waals surface area contributed by atoms with E-state index in [0.29, 0.717) is 12.2 Å². The Labute approximate surface area is 144 Å². The van der Waals surface area contributed by atoms with E-state index in [1.54, 1.807) is 11.8 Å². The number of hydrogen-bond acceptors (Lipinski definition) is 4. The van der Waals surface area contributed by atoms with Crippen LogP contribution in [0.15, 0.2) is 46.9 Å². The summed E-state index contributed by atoms with van der Waals surface area (Å²) in [4.78, 5) is 11.9. The van der Waals surface area contributed by atoms with E-state index >= 15 is 0 Å². The highest BCUT2D eigenvalue weighted by atomic mass is 32.2. The van der Waals surface area contributed by atoms with E-state index in [2.05, 4.69) is 10.6 Å². The number of carbonyl (C=O) groups is 1. The van der Waals surface area contributed by atoms with Crippen molar-refractivity contribution in [1.29, 1.82) is 0 Å². The average Bonchev–Trinajstić information content (AvgIpc) is 2.95. The van der Waals surface area contributed by atoms with Gasteiger partial charge < -0.3 is 20.2 Å². The van der Waals surface area contributed by atoms with Crippen molar-refractivity contribution in [3.05, 3.63) is 42.5 Å². The first kappa shape index (κ1) is 16.7. The summed E-state index contributed by atoms with van der Waals surface area (Å²) in [6.45, 7) is 0.806. The lowest BCUT2D eigenvalue weighted by Gasteiger charge is -2.07. The van der Waals surface area contributed by atoms with Gasteiger partial charge in [-0.25, -0.2) is 4.79 Å². The normalized spacial score (nSPS) is 11.0. The highest BCUT2D eigenvalue weighted by Crippen LogP contribution is 2.30. The van der Waals surface area contributed by atoms with E-state index < -0.39 is 0 Å². The third kappa shape index (κ3) is 4.01.